The number of carbonyl (C=O) groups is 2. The fraction of sp³-hybridized carbons (Fsp3) is 0.312. The van der Waals surface area contributed by atoms with Crippen LogP contribution in [0.2, 0.25) is 0 Å². The minimum Gasteiger partial charge on any atom is -0.507 e. The first-order chi connectivity index (χ1) is 17.9. The van der Waals surface area contributed by atoms with E-state index in [1.165, 1.54) is 4.90 Å². The number of anilines is 1. The highest BCUT2D eigenvalue weighted by Gasteiger charge is 2.48. The van der Waals surface area contributed by atoms with Crippen molar-refractivity contribution in [2.45, 2.75) is 59.1 Å². The van der Waals surface area contributed by atoms with Crippen molar-refractivity contribution in [3.63, 3.8) is 0 Å². The average Bonchev–Trinajstić information content (AvgIpc) is 3.13. The number of para-hydroxylation sites is 1. The summed E-state index contributed by atoms with van der Waals surface area (Å²) in [6.07, 6.45) is -0.00393. The third-order valence-electron chi connectivity index (χ3n) is 6.72. The average molecular weight is 514 g/mol. The zero-order valence-corrected chi connectivity index (χ0v) is 23.0. The molecule has 1 aliphatic rings. The zero-order chi connectivity index (χ0) is 27.8. The standard InChI is InChI=1S/C32H35NO5/c1-19(2)38-23-16-14-22(15-17-23)33-28(24-10-8-9-11-26(24)37-7)27(30(35)31(33)36)29(34)25-18-21(32(4,5)6)13-12-20(25)3/h8-19,28,34H,1-7H3/b29-27+. The summed E-state index contributed by atoms with van der Waals surface area (Å²) < 4.78 is 11.4. The molecule has 1 unspecified atom stereocenters. The van der Waals surface area contributed by atoms with Gasteiger partial charge in [-0.3, -0.25) is 14.5 Å². The lowest BCUT2D eigenvalue weighted by molar-refractivity contribution is -0.132. The molecule has 0 saturated carbocycles. The summed E-state index contributed by atoms with van der Waals surface area (Å²) >= 11 is 0. The van der Waals surface area contributed by atoms with Crippen LogP contribution in [0.15, 0.2) is 72.3 Å². The van der Waals surface area contributed by atoms with Crippen molar-refractivity contribution in [2.24, 2.45) is 0 Å². The molecule has 1 heterocycles. The number of amides is 1. The number of nitrogens with zero attached hydrogens (tertiary/aromatic N) is 1. The second-order valence-electron chi connectivity index (χ2n) is 10.9. The number of hydrogen-bond acceptors (Lipinski definition) is 5. The van der Waals surface area contributed by atoms with Crippen LogP contribution >= 0.6 is 0 Å². The van der Waals surface area contributed by atoms with E-state index in [4.69, 9.17) is 9.47 Å². The summed E-state index contributed by atoms with van der Waals surface area (Å²) in [7, 11) is 1.54. The van der Waals surface area contributed by atoms with Gasteiger partial charge in [-0.2, -0.15) is 0 Å². The second-order valence-corrected chi connectivity index (χ2v) is 10.9. The summed E-state index contributed by atoms with van der Waals surface area (Å²) in [4.78, 5) is 28.6. The maximum absolute atomic E-state index is 13.6. The van der Waals surface area contributed by atoms with Gasteiger partial charge < -0.3 is 14.6 Å². The van der Waals surface area contributed by atoms with Crippen LogP contribution in [0.5, 0.6) is 11.5 Å². The first-order valence-corrected chi connectivity index (χ1v) is 12.8. The highest BCUT2D eigenvalue weighted by atomic mass is 16.5. The fourth-order valence-corrected chi connectivity index (χ4v) is 4.73. The maximum atomic E-state index is 13.6. The smallest absolute Gasteiger partial charge is 0.300 e. The number of ether oxygens (including phenoxy) is 2. The van der Waals surface area contributed by atoms with Gasteiger partial charge in [0.25, 0.3) is 11.7 Å². The van der Waals surface area contributed by atoms with Crippen LogP contribution in [-0.4, -0.2) is 30.0 Å². The van der Waals surface area contributed by atoms with Crippen molar-refractivity contribution in [1.29, 1.82) is 0 Å². The first-order valence-electron chi connectivity index (χ1n) is 12.8. The lowest BCUT2D eigenvalue weighted by Gasteiger charge is -2.27. The Morgan fingerprint density at radius 2 is 1.63 bits per heavy atom. The van der Waals surface area contributed by atoms with Gasteiger partial charge in [0.1, 0.15) is 17.3 Å². The molecule has 1 amide bonds. The number of rotatable bonds is 6. The number of aliphatic hydroxyl groups is 1. The molecular weight excluding hydrogens is 478 g/mol. The normalized spacial score (nSPS) is 17.3. The molecule has 1 N–H and O–H groups in total. The summed E-state index contributed by atoms with van der Waals surface area (Å²) in [5.74, 6) is -0.504. The summed E-state index contributed by atoms with van der Waals surface area (Å²) in [5.41, 5.74) is 3.30. The van der Waals surface area contributed by atoms with Gasteiger partial charge in [-0.1, -0.05) is 51.1 Å². The molecule has 0 aromatic heterocycles. The van der Waals surface area contributed by atoms with Crippen LogP contribution in [0, 0.1) is 6.92 Å². The van der Waals surface area contributed by atoms with Crippen LogP contribution < -0.4 is 14.4 Å². The predicted molar refractivity (Wildman–Crippen MR) is 150 cm³/mol. The number of aryl methyl sites for hydroxylation is 1. The Morgan fingerprint density at radius 3 is 2.24 bits per heavy atom. The Bertz CT molecular complexity index is 1400. The summed E-state index contributed by atoms with van der Waals surface area (Å²) in [6.45, 7) is 12.0. The van der Waals surface area contributed by atoms with E-state index in [0.29, 0.717) is 28.3 Å². The van der Waals surface area contributed by atoms with E-state index in [9.17, 15) is 14.7 Å². The fourth-order valence-electron chi connectivity index (χ4n) is 4.73. The molecule has 0 radical (unpaired) electrons. The number of methoxy groups -OCH3 is 1. The van der Waals surface area contributed by atoms with Gasteiger partial charge in [0.15, 0.2) is 0 Å². The summed E-state index contributed by atoms with van der Waals surface area (Å²) in [6, 6.07) is 19.2. The van der Waals surface area contributed by atoms with Crippen LogP contribution in [0.1, 0.15) is 62.9 Å². The Balaban J connectivity index is 1.95. The van der Waals surface area contributed by atoms with E-state index < -0.39 is 17.7 Å². The van der Waals surface area contributed by atoms with E-state index >= 15 is 0 Å². The number of hydrogen-bond donors (Lipinski definition) is 1. The number of benzene rings is 3. The van der Waals surface area contributed by atoms with Crippen molar-refractivity contribution in [3.8, 4) is 11.5 Å². The van der Waals surface area contributed by atoms with Gasteiger partial charge in [0.05, 0.1) is 24.8 Å². The van der Waals surface area contributed by atoms with E-state index in [0.717, 1.165) is 11.1 Å². The number of aliphatic hydroxyl groups excluding tert-OH is 1. The predicted octanol–water partition coefficient (Wildman–Crippen LogP) is 6.71. The minimum absolute atomic E-state index is 0.00393. The van der Waals surface area contributed by atoms with E-state index in [-0.39, 0.29) is 22.9 Å². The van der Waals surface area contributed by atoms with Crippen molar-refractivity contribution in [3.05, 3.63) is 94.6 Å². The lowest BCUT2D eigenvalue weighted by atomic mass is 9.84. The van der Waals surface area contributed by atoms with Crippen LogP contribution in [-0.2, 0) is 15.0 Å². The van der Waals surface area contributed by atoms with Gasteiger partial charge in [0, 0.05) is 16.8 Å². The Hall–Kier alpha value is -4.06. The number of ketones is 1. The molecule has 6 nitrogen and oxygen atoms in total. The van der Waals surface area contributed by atoms with Gasteiger partial charge in [-0.25, -0.2) is 0 Å². The molecule has 1 saturated heterocycles. The maximum Gasteiger partial charge on any atom is 0.300 e. The van der Waals surface area contributed by atoms with Crippen molar-refractivity contribution in [2.75, 3.05) is 12.0 Å². The van der Waals surface area contributed by atoms with Gasteiger partial charge >= 0.3 is 0 Å². The molecule has 0 aliphatic carbocycles. The second kappa shape index (κ2) is 10.4. The summed E-state index contributed by atoms with van der Waals surface area (Å²) in [5, 5.41) is 11.7. The monoisotopic (exact) mass is 513 g/mol. The van der Waals surface area contributed by atoms with Crippen LogP contribution in [0.4, 0.5) is 5.69 Å². The number of Topliss-reactive ketones (excluding diaryl/α,β-unsaturated/α-hetero) is 1. The van der Waals surface area contributed by atoms with Gasteiger partial charge in [-0.05, 0) is 73.7 Å². The van der Waals surface area contributed by atoms with E-state index in [1.807, 2.05) is 57.2 Å². The van der Waals surface area contributed by atoms with Crippen LogP contribution in [0.3, 0.4) is 0 Å². The molecule has 1 fully saturated rings. The SMILES string of the molecule is COc1ccccc1C1/C(=C(\O)c2cc(C(C)(C)C)ccc2C)C(=O)C(=O)N1c1ccc(OC(C)C)cc1. The zero-order valence-electron chi connectivity index (χ0n) is 23.0. The highest BCUT2D eigenvalue weighted by Crippen LogP contribution is 2.45. The topological polar surface area (TPSA) is 76.1 Å². The largest absolute Gasteiger partial charge is 0.507 e. The quantitative estimate of drug-likeness (QED) is 0.225. The van der Waals surface area contributed by atoms with Gasteiger partial charge in [-0.15, -0.1) is 0 Å². The molecule has 4 rings (SSSR count). The first kappa shape index (κ1) is 27.0. The molecule has 0 bridgehead atoms. The molecule has 0 spiro atoms. The van der Waals surface area contributed by atoms with E-state index in [2.05, 4.69) is 20.8 Å². The van der Waals surface area contributed by atoms with Gasteiger partial charge in [0.2, 0.25) is 0 Å². The molecule has 198 valence electrons. The third-order valence-corrected chi connectivity index (χ3v) is 6.72. The lowest BCUT2D eigenvalue weighted by Crippen LogP contribution is -2.29. The van der Waals surface area contributed by atoms with Crippen molar-refractivity contribution in [1.82, 2.24) is 0 Å². The third kappa shape index (κ3) is 5.03. The Morgan fingerprint density at radius 1 is 0.974 bits per heavy atom. The van der Waals surface area contributed by atoms with Crippen molar-refractivity contribution >= 4 is 23.1 Å². The molecular formula is C32H35NO5. The van der Waals surface area contributed by atoms with E-state index in [1.54, 1.807) is 37.4 Å². The molecule has 1 aliphatic heterocycles. The van der Waals surface area contributed by atoms with Crippen molar-refractivity contribution < 1.29 is 24.2 Å². The van der Waals surface area contributed by atoms with Crippen LogP contribution in [0.25, 0.3) is 5.76 Å². The molecule has 38 heavy (non-hydrogen) atoms. The highest BCUT2D eigenvalue weighted by molar-refractivity contribution is 6.51. The minimum atomic E-state index is -0.888. The molecule has 3 aromatic carbocycles. The molecule has 6 heteroatoms. The number of carbonyl (C=O) groups excluding carboxylic acids is 2. The Labute approximate surface area is 224 Å². The Kier molecular flexibility index (Phi) is 7.36. The molecule has 3 aromatic rings. The molecule has 1 atom stereocenters.